The number of imidazole rings is 1. The van der Waals surface area contributed by atoms with Crippen LogP contribution in [0.5, 0.6) is 5.75 Å². The summed E-state index contributed by atoms with van der Waals surface area (Å²) < 4.78 is 25.3. The highest BCUT2D eigenvalue weighted by molar-refractivity contribution is 5.71. The lowest BCUT2D eigenvalue weighted by Crippen LogP contribution is -2.18. The fourth-order valence-corrected chi connectivity index (χ4v) is 3.22. The summed E-state index contributed by atoms with van der Waals surface area (Å²) in [5.41, 5.74) is 4.06. The molecule has 0 aliphatic rings. The van der Waals surface area contributed by atoms with Gasteiger partial charge in [-0.2, -0.15) is 0 Å². The molecule has 1 heterocycles. The van der Waals surface area contributed by atoms with Crippen molar-refractivity contribution >= 4 is 6.09 Å². The number of aryl methyl sites for hydroxylation is 1. The topological polar surface area (TPSA) is 53.4 Å². The van der Waals surface area contributed by atoms with Crippen molar-refractivity contribution < 1.29 is 18.7 Å². The lowest BCUT2D eigenvalue weighted by molar-refractivity contribution is 0.139. The highest BCUT2D eigenvalue weighted by atomic mass is 19.1. The van der Waals surface area contributed by atoms with Crippen LogP contribution in [0.4, 0.5) is 9.18 Å². The van der Waals surface area contributed by atoms with Crippen LogP contribution in [0, 0.1) is 19.7 Å². The van der Waals surface area contributed by atoms with Gasteiger partial charge in [-0.15, -0.1) is 0 Å². The van der Waals surface area contributed by atoms with Gasteiger partial charge in [0.15, 0.2) is 0 Å². The number of carbonyl (C=O) groups is 1. The molecule has 0 amide bonds. The van der Waals surface area contributed by atoms with Crippen molar-refractivity contribution in [3.63, 3.8) is 0 Å². The molecule has 0 spiro atoms. The Labute approximate surface area is 163 Å². The first-order valence-corrected chi connectivity index (χ1v) is 9.01. The molecule has 5 nitrogen and oxygen atoms in total. The second-order valence-corrected chi connectivity index (χ2v) is 6.68. The van der Waals surface area contributed by atoms with Gasteiger partial charge in [0, 0.05) is 29.9 Å². The van der Waals surface area contributed by atoms with E-state index < -0.39 is 11.9 Å². The van der Waals surface area contributed by atoms with Crippen molar-refractivity contribution in [3.8, 4) is 5.75 Å². The van der Waals surface area contributed by atoms with Crippen molar-refractivity contribution in [2.75, 3.05) is 7.11 Å². The van der Waals surface area contributed by atoms with E-state index in [0.29, 0.717) is 17.1 Å². The van der Waals surface area contributed by atoms with Gasteiger partial charge in [0.1, 0.15) is 24.0 Å². The summed E-state index contributed by atoms with van der Waals surface area (Å²) in [5.74, 6) is 0.446. The third-order valence-electron chi connectivity index (χ3n) is 4.97. The summed E-state index contributed by atoms with van der Waals surface area (Å²) >= 11 is 0. The molecule has 146 valence electrons. The number of rotatable bonds is 5. The van der Waals surface area contributed by atoms with E-state index >= 15 is 0 Å². The summed E-state index contributed by atoms with van der Waals surface area (Å²) in [4.78, 5) is 17.0. The van der Waals surface area contributed by atoms with E-state index in [4.69, 9.17) is 9.47 Å². The zero-order chi connectivity index (χ0) is 20.3. The fourth-order valence-electron chi connectivity index (χ4n) is 3.22. The number of carbonyl (C=O) groups excluding carboxylic acids is 1. The van der Waals surface area contributed by atoms with Gasteiger partial charge in [0.05, 0.1) is 7.11 Å². The standard InChI is InChI=1S/C22H23FN2O3/c1-14-6-5-7-19(15(14)2)16(3)21-24-10-11-25(21)22(26)28-13-17-8-9-18(23)12-20(17)27-4/h5-12,16H,13H2,1-4H3/t16-/m0/s1. The third kappa shape index (κ3) is 3.91. The van der Waals surface area contributed by atoms with Gasteiger partial charge < -0.3 is 9.47 Å². The summed E-state index contributed by atoms with van der Waals surface area (Å²) in [6.45, 7) is 6.10. The van der Waals surface area contributed by atoms with E-state index in [1.54, 1.807) is 12.4 Å². The molecule has 0 bridgehead atoms. The van der Waals surface area contributed by atoms with Crippen molar-refractivity contribution in [1.82, 2.24) is 9.55 Å². The maximum atomic E-state index is 13.3. The number of aromatic nitrogens is 2. The molecule has 28 heavy (non-hydrogen) atoms. The van der Waals surface area contributed by atoms with E-state index in [0.717, 1.165) is 5.56 Å². The van der Waals surface area contributed by atoms with Gasteiger partial charge in [0.25, 0.3) is 0 Å². The first-order chi connectivity index (χ1) is 13.4. The molecule has 1 atom stereocenters. The van der Waals surface area contributed by atoms with Crippen molar-refractivity contribution in [3.05, 3.63) is 82.7 Å². The maximum Gasteiger partial charge on any atom is 0.419 e. The number of hydrogen-bond donors (Lipinski definition) is 0. The molecule has 0 aliphatic heterocycles. The Hall–Kier alpha value is -3.15. The molecule has 0 fully saturated rings. The Morgan fingerprint density at radius 3 is 2.79 bits per heavy atom. The summed E-state index contributed by atoms with van der Waals surface area (Å²) in [7, 11) is 1.44. The highest BCUT2D eigenvalue weighted by Crippen LogP contribution is 2.27. The Balaban J connectivity index is 1.80. The van der Waals surface area contributed by atoms with Crippen LogP contribution in [0.2, 0.25) is 0 Å². The molecule has 3 aromatic rings. The summed E-state index contributed by atoms with van der Waals surface area (Å²) in [6, 6.07) is 10.2. The monoisotopic (exact) mass is 382 g/mol. The molecule has 0 unspecified atom stereocenters. The van der Waals surface area contributed by atoms with Crippen molar-refractivity contribution in [2.24, 2.45) is 0 Å². The van der Waals surface area contributed by atoms with Crippen LogP contribution < -0.4 is 4.74 Å². The Kier molecular flexibility index (Phi) is 5.78. The van der Waals surface area contributed by atoms with Crippen LogP contribution in [-0.4, -0.2) is 22.8 Å². The van der Waals surface area contributed by atoms with E-state index in [1.165, 1.54) is 41.0 Å². The molecule has 1 aromatic heterocycles. The lowest BCUT2D eigenvalue weighted by atomic mass is 9.93. The van der Waals surface area contributed by atoms with E-state index in [1.807, 2.05) is 19.1 Å². The van der Waals surface area contributed by atoms with Crippen molar-refractivity contribution in [2.45, 2.75) is 33.3 Å². The largest absolute Gasteiger partial charge is 0.496 e. The molecule has 6 heteroatoms. The molecule has 0 N–H and O–H groups in total. The van der Waals surface area contributed by atoms with Crippen LogP contribution in [-0.2, 0) is 11.3 Å². The second-order valence-electron chi connectivity index (χ2n) is 6.68. The lowest BCUT2D eigenvalue weighted by Gasteiger charge is -2.17. The number of halogens is 1. The average molecular weight is 382 g/mol. The minimum atomic E-state index is -0.545. The van der Waals surface area contributed by atoms with Crippen LogP contribution in [0.3, 0.4) is 0 Å². The van der Waals surface area contributed by atoms with Crippen LogP contribution in [0.15, 0.2) is 48.8 Å². The maximum absolute atomic E-state index is 13.3. The molecule has 0 radical (unpaired) electrons. The molecular weight excluding hydrogens is 359 g/mol. The zero-order valence-electron chi connectivity index (χ0n) is 16.4. The third-order valence-corrected chi connectivity index (χ3v) is 4.97. The van der Waals surface area contributed by atoms with Crippen LogP contribution in [0.25, 0.3) is 0 Å². The van der Waals surface area contributed by atoms with Gasteiger partial charge in [-0.1, -0.05) is 25.1 Å². The molecular formula is C22H23FN2O3. The van der Waals surface area contributed by atoms with Gasteiger partial charge in [-0.25, -0.2) is 18.7 Å². The fraction of sp³-hybridized carbons (Fsp3) is 0.273. The minimum Gasteiger partial charge on any atom is -0.496 e. The minimum absolute atomic E-state index is 0.0300. The predicted octanol–water partition coefficient (Wildman–Crippen LogP) is 4.98. The number of hydrogen-bond acceptors (Lipinski definition) is 4. The normalized spacial score (nSPS) is 11.9. The zero-order valence-corrected chi connectivity index (χ0v) is 16.4. The van der Waals surface area contributed by atoms with Gasteiger partial charge in [-0.3, -0.25) is 0 Å². The van der Waals surface area contributed by atoms with Crippen LogP contribution >= 0.6 is 0 Å². The Morgan fingerprint density at radius 1 is 1.25 bits per heavy atom. The first kappa shape index (κ1) is 19.6. The van der Waals surface area contributed by atoms with Gasteiger partial charge >= 0.3 is 6.09 Å². The molecule has 3 rings (SSSR count). The molecule has 0 aliphatic carbocycles. The number of methoxy groups -OCH3 is 1. The van der Waals surface area contributed by atoms with Crippen LogP contribution in [0.1, 0.15) is 40.9 Å². The summed E-state index contributed by atoms with van der Waals surface area (Å²) in [6.07, 6.45) is 2.62. The average Bonchev–Trinajstić information content (AvgIpc) is 3.18. The molecule has 0 saturated carbocycles. The van der Waals surface area contributed by atoms with Crippen molar-refractivity contribution in [1.29, 1.82) is 0 Å². The van der Waals surface area contributed by atoms with E-state index in [-0.39, 0.29) is 12.5 Å². The Bertz CT molecular complexity index is 997. The first-order valence-electron chi connectivity index (χ1n) is 9.01. The summed E-state index contributed by atoms with van der Waals surface area (Å²) in [5, 5.41) is 0. The quantitative estimate of drug-likeness (QED) is 0.624. The van der Waals surface area contributed by atoms with E-state index in [2.05, 4.69) is 24.9 Å². The highest BCUT2D eigenvalue weighted by Gasteiger charge is 2.21. The molecule has 0 saturated heterocycles. The number of benzene rings is 2. The SMILES string of the molecule is COc1cc(F)ccc1COC(=O)n1ccnc1[C@@H](C)c1cccc(C)c1C. The number of nitrogens with zero attached hydrogens (tertiary/aromatic N) is 2. The van der Waals surface area contributed by atoms with E-state index in [9.17, 15) is 9.18 Å². The van der Waals surface area contributed by atoms with Gasteiger partial charge in [-0.05, 0) is 42.7 Å². The molecule has 2 aromatic carbocycles. The number of ether oxygens (including phenoxy) is 2. The van der Waals surface area contributed by atoms with Gasteiger partial charge in [0.2, 0.25) is 0 Å². The second kappa shape index (κ2) is 8.25. The smallest absolute Gasteiger partial charge is 0.419 e. The Morgan fingerprint density at radius 2 is 2.04 bits per heavy atom. The predicted molar refractivity (Wildman–Crippen MR) is 104 cm³/mol.